The summed E-state index contributed by atoms with van der Waals surface area (Å²) in [6.07, 6.45) is 2.36. The Kier molecular flexibility index (Phi) is 4.97. The van der Waals surface area contributed by atoms with Gasteiger partial charge in [-0.05, 0) is 33.7 Å². The largest absolute Gasteiger partial charge is 0.370 e. The molecule has 22 heavy (non-hydrogen) atoms. The van der Waals surface area contributed by atoms with Crippen LogP contribution in [0.15, 0.2) is 4.52 Å². The first kappa shape index (κ1) is 17.4. The maximum atomic E-state index is 6.18. The van der Waals surface area contributed by atoms with Crippen LogP contribution in [-0.4, -0.2) is 46.9 Å². The summed E-state index contributed by atoms with van der Waals surface area (Å²) in [5.74, 6) is 1.78. The third kappa shape index (κ3) is 4.53. The second kappa shape index (κ2) is 6.28. The fraction of sp³-hybridized carbons (Fsp3) is 0.882. The molecule has 0 bridgehead atoms. The first-order valence-electron chi connectivity index (χ1n) is 8.27. The zero-order valence-electron chi connectivity index (χ0n) is 15.1. The molecule has 1 aliphatic heterocycles. The smallest absolute Gasteiger partial charge is 0.229 e. The summed E-state index contributed by atoms with van der Waals surface area (Å²) in [5.41, 5.74) is -0.173. The van der Waals surface area contributed by atoms with E-state index in [1.807, 2.05) is 0 Å². The Labute approximate surface area is 134 Å². The quantitative estimate of drug-likeness (QED) is 0.806. The van der Waals surface area contributed by atoms with Gasteiger partial charge in [0.2, 0.25) is 5.89 Å². The van der Waals surface area contributed by atoms with Crippen LogP contribution in [0.5, 0.6) is 0 Å². The minimum Gasteiger partial charge on any atom is -0.370 e. The number of hydrogen-bond donors (Lipinski definition) is 0. The SMILES string of the molecule is CC(CCC(C)(C)OC1CN(C)C1)c1nc(C(C)(C)C)no1. The number of likely N-dealkylation sites (tertiary alicyclic amines) is 1. The predicted molar refractivity (Wildman–Crippen MR) is 87.1 cm³/mol. The van der Waals surface area contributed by atoms with Crippen LogP contribution in [0.1, 0.15) is 72.0 Å². The summed E-state index contributed by atoms with van der Waals surface area (Å²) in [7, 11) is 2.12. The van der Waals surface area contributed by atoms with Crippen LogP contribution in [-0.2, 0) is 10.2 Å². The molecule has 1 fully saturated rings. The lowest BCUT2D eigenvalue weighted by molar-refractivity contribution is -0.129. The van der Waals surface area contributed by atoms with Gasteiger partial charge in [-0.15, -0.1) is 0 Å². The highest BCUT2D eigenvalue weighted by molar-refractivity contribution is 5.02. The second-order valence-corrected chi connectivity index (χ2v) is 8.37. The monoisotopic (exact) mass is 309 g/mol. The van der Waals surface area contributed by atoms with E-state index in [-0.39, 0.29) is 16.9 Å². The molecule has 0 spiro atoms. The lowest BCUT2D eigenvalue weighted by Crippen LogP contribution is -2.52. The topological polar surface area (TPSA) is 51.4 Å². The molecule has 1 atom stereocenters. The number of aromatic nitrogens is 2. The van der Waals surface area contributed by atoms with Gasteiger partial charge in [0.25, 0.3) is 0 Å². The van der Waals surface area contributed by atoms with Crippen molar-refractivity contribution in [1.82, 2.24) is 15.0 Å². The highest BCUT2D eigenvalue weighted by Gasteiger charge is 2.31. The normalized spacial score (nSPS) is 19.2. The van der Waals surface area contributed by atoms with Crippen molar-refractivity contribution in [2.24, 2.45) is 0 Å². The molecule has 0 amide bonds. The Morgan fingerprint density at radius 2 is 1.91 bits per heavy atom. The van der Waals surface area contributed by atoms with E-state index in [1.165, 1.54) is 0 Å². The van der Waals surface area contributed by atoms with Gasteiger partial charge >= 0.3 is 0 Å². The molecule has 1 aromatic rings. The number of ether oxygens (including phenoxy) is 1. The first-order chi connectivity index (χ1) is 10.1. The average molecular weight is 309 g/mol. The van der Waals surface area contributed by atoms with Crippen molar-refractivity contribution in [3.8, 4) is 0 Å². The second-order valence-electron chi connectivity index (χ2n) is 8.37. The number of likely N-dealkylation sites (N-methyl/N-ethyl adjacent to an activating group) is 1. The van der Waals surface area contributed by atoms with Crippen LogP contribution in [0.2, 0.25) is 0 Å². The Balaban J connectivity index is 1.83. The van der Waals surface area contributed by atoms with Crippen LogP contribution in [0.3, 0.4) is 0 Å². The molecule has 0 saturated carbocycles. The van der Waals surface area contributed by atoms with Crippen molar-refractivity contribution in [2.75, 3.05) is 20.1 Å². The van der Waals surface area contributed by atoms with Gasteiger partial charge in [0.15, 0.2) is 5.82 Å². The molecule has 1 saturated heterocycles. The van der Waals surface area contributed by atoms with Crippen LogP contribution >= 0.6 is 0 Å². The van der Waals surface area contributed by atoms with Crippen LogP contribution in [0, 0.1) is 0 Å². The van der Waals surface area contributed by atoms with Crippen molar-refractivity contribution in [1.29, 1.82) is 0 Å². The predicted octanol–water partition coefficient (Wildman–Crippen LogP) is 3.36. The number of rotatable bonds is 6. The third-order valence-corrected chi connectivity index (χ3v) is 4.23. The van der Waals surface area contributed by atoms with Gasteiger partial charge < -0.3 is 14.2 Å². The molecule has 1 unspecified atom stereocenters. The number of hydrogen-bond acceptors (Lipinski definition) is 5. The van der Waals surface area contributed by atoms with Crippen LogP contribution in [0.4, 0.5) is 0 Å². The standard InChI is InChI=1S/C17H31N3O2/c1-12(14-18-15(19-22-14)16(2,3)4)8-9-17(5,6)21-13-10-20(7)11-13/h12-13H,8-11H2,1-7H3. The van der Waals surface area contributed by atoms with Gasteiger partial charge in [-0.2, -0.15) is 4.98 Å². The van der Waals surface area contributed by atoms with E-state index in [2.05, 4.69) is 63.6 Å². The van der Waals surface area contributed by atoms with Gasteiger partial charge in [-0.1, -0.05) is 32.9 Å². The molecule has 0 radical (unpaired) electrons. The Hall–Kier alpha value is -0.940. The molecular formula is C17H31N3O2. The summed E-state index contributed by atoms with van der Waals surface area (Å²) in [6.45, 7) is 14.9. The minimum absolute atomic E-state index is 0.0693. The molecular weight excluding hydrogens is 278 g/mol. The van der Waals surface area contributed by atoms with Crippen LogP contribution in [0.25, 0.3) is 0 Å². The summed E-state index contributed by atoms with van der Waals surface area (Å²) in [6, 6.07) is 0. The fourth-order valence-electron chi connectivity index (χ4n) is 2.65. The van der Waals surface area contributed by atoms with Gasteiger partial charge in [0.05, 0.1) is 11.7 Å². The Morgan fingerprint density at radius 3 is 2.41 bits per heavy atom. The molecule has 0 aliphatic carbocycles. The van der Waals surface area contributed by atoms with Gasteiger partial charge in [0, 0.05) is 24.4 Å². The maximum Gasteiger partial charge on any atom is 0.229 e. The zero-order valence-corrected chi connectivity index (χ0v) is 15.1. The minimum atomic E-state index is -0.104. The fourth-order valence-corrected chi connectivity index (χ4v) is 2.65. The molecule has 2 rings (SSSR count). The van der Waals surface area contributed by atoms with Crippen molar-refractivity contribution < 1.29 is 9.26 Å². The maximum absolute atomic E-state index is 6.18. The molecule has 1 aliphatic rings. The third-order valence-electron chi connectivity index (χ3n) is 4.23. The van der Waals surface area contributed by atoms with E-state index < -0.39 is 0 Å². The van der Waals surface area contributed by atoms with E-state index in [9.17, 15) is 0 Å². The molecule has 0 N–H and O–H groups in total. The summed E-state index contributed by atoms with van der Waals surface area (Å²) in [4.78, 5) is 6.83. The highest BCUT2D eigenvalue weighted by atomic mass is 16.5. The van der Waals surface area contributed by atoms with Gasteiger partial charge in [0.1, 0.15) is 0 Å². The Bertz CT molecular complexity index is 484. The van der Waals surface area contributed by atoms with Crippen molar-refractivity contribution in [2.45, 2.75) is 77.4 Å². The lowest BCUT2D eigenvalue weighted by atomic mass is 9.94. The lowest BCUT2D eigenvalue weighted by Gasteiger charge is -2.41. The molecule has 2 heterocycles. The molecule has 5 heteroatoms. The van der Waals surface area contributed by atoms with Gasteiger partial charge in [-0.25, -0.2) is 0 Å². The zero-order chi connectivity index (χ0) is 16.5. The molecule has 0 aromatic carbocycles. The highest BCUT2D eigenvalue weighted by Crippen LogP contribution is 2.29. The van der Waals surface area contributed by atoms with E-state index in [0.29, 0.717) is 6.10 Å². The van der Waals surface area contributed by atoms with Gasteiger partial charge in [-0.3, -0.25) is 0 Å². The summed E-state index contributed by atoms with van der Waals surface area (Å²) in [5, 5.41) is 4.11. The van der Waals surface area contributed by atoms with E-state index >= 15 is 0 Å². The average Bonchev–Trinajstić information content (AvgIpc) is 2.83. The van der Waals surface area contributed by atoms with E-state index in [1.54, 1.807) is 0 Å². The van der Waals surface area contributed by atoms with Crippen molar-refractivity contribution in [3.63, 3.8) is 0 Å². The van der Waals surface area contributed by atoms with Crippen molar-refractivity contribution in [3.05, 3.63) is 11.7 Å². The number of nitrogens with zero attached hydrogens (tertiary/aromatic N) is 3. The molecule has 5 nitrogen and oxygen atoms in total. The molecule has 1 aromatic heterocycles. The Morgan fingerprint density at radius 1 is 1.27 bits per heavy atom. The summed E-state index contributed by atoms with van der Waals surface area (Å²) >= 11 is 0. The summed E-state index contributed by atoms with van der Waals surface area (Å²) < 4.78 is 11.6. The van der Waals surface area contributed by atoms with E-state index in [4.69, 9.17) is 9.26 Å². The van der Waals surface area contributed by atoms with E-state index in [0.717, 1.165) is 37.6 Å². The molecule has 126 valence electrons. The van der Waals surface area contributed by atoms with Crippen molar-refractivity contribution >= 4 is 0 Å². The van der Waals surface area contributed by atoms with Crippen LogP contribution < -0.4 is 0 Å². The first-order valence-corrected chi connectivity index (χ1v) is 8.27.